The van der Waals surface area contributed by atoms with Gasteiger partial charge in [-0.1, -0.05) is 28.1 Å². The normalized spacial score (nSPS) is 11.7. The molecule has 0 atom stereocenters. The summed E-state index contributed by atoms with van der Waals surface area (Å²) in [7, 11) is 16.3. The van der Waals surface area contributed by atoms with Crippen LogP contribution in [0.5, 0.6) is 5.75 Å². The number of fused-ring (bicyclic) bond motifs is 1. The van der Waals surface area contributed by atoms with E-state index >= 15 is 0 Å². The highest BCUT2D eigenvalue weighted by Gasteiger charge is 2.15. The average Bonchev–Trinajstić information content (AvgIpc) is 2.27. The quantitative estimate of drug-likeness (QED) is 0.625. The summed E-state index contributed by atoms with van der Waals surface area (Å²) in [5.74, 6) is 0.775. The minimum atomic E-state index is -1.72. The lowest BCUT2D eigenvalue weighted by molar-refractivity contribution is 0.316. The van der Waals surface area contributed by atoms with Crippen molar-refractivity contribution >= 4 is 61.8 Å². The van der Waals surface area contributed by atoms with Gasteiger partial charge in [0.1, 0.15) is 29.3 Å². The van der Waals surface area contributed by atoms with Crippen molar-refractivity contribution in [3.63, 3.8) is 0 Å². The average molecular weight is 315 g/mol. The zero-order valence-electron chi connectivity index (χ0n) is 9.49. The second kappa shape index (κ2) is 5.22. The van der Waals surface area contributed by atoms with Crippen molar-refractivity contribution in [3.05, 3.63) is 40.4 Å². The zero-order valence-corrected chi connectivity index (χ0v) is 11.8. The van der Waals surface area contributed by atoms with Crippen LogP contribution in [-0.2, 0) is 5.88 Å². The first-order valence-electron chi connectivity index (χ1n) is 5.23. The largest absolute Gasteiger partial charge is 0.515 e. The van der Waals surface area contributed by atoms with Crippen molar-refractivity contribution in [2.24, 2.45) is 0 Å². The van der Waals surface area contributed by atoms with Crippen LogP contribution in [0.4, 0.5) is 0 Å². The van der Waals surface area contributed by atoms with Gasteiger partial charge in [-0.2, -0.15) is 0 Å². The van der Waals surface area contributed by atoms with Crippen LogP contribution in [0.25, 0.3) is 10.8 Å². The Kier molecular flexibility index (Phi) is 4.03. The number of benzene rings is 2. The van der Waals surface area contributed by atoms with Crippen LogP contribution in [0.1, 0.15) is 5.56 Å². The number of hydrogen-bond donors (Lipinski definition) is 0. The summed E-state index contributed by atoms with van der Waals surface area (Å²) in [4.78, 5) is 0. The lowest BCUT2D eigenvalue weighted by atomic mass is 9.52. The molecule has 0 N–H and O–H groups in total. The van der Waals surface area contributed by atoms with Gasteiger partial charge >= 0.3 is 0 Å². The second-order valence-electron chi connectivity index (χ2n) is 4.00. The van der Waals surface area contributed by atoms with Gasteiger partial charge in [0.25, 0.3) is 0 Å². The van der Waals surface area contributed by atoms with Gasteiger partial charge in [0.2, 0.25) is 0 Å². The number of rotatable bonds is 3. The molecule has 2 rings (SSSR count). The third-order valence-corrected chi connectivity index (χ3v) is 3.23. The molecule has 0 fully saturated rings. The topological polar surface area (TPSA) is 9.23 Å². The fourth-order valence-corrected chi connectivity index (χ4v) is 2.42. The Morgan fingerprint density at radius 2 is 1.89 bits per heavy atom. The molecule has 18 heavy (non-hydrogen) atoms. The molecule has 0 bridgehead atoms. The minimum absolute atomic E-state index is 0.282. The predicted octanol–water partition coefficient (Wildman–Crippen LogP) is 2.84. The van der Waals surface area contributed by atoms with Crippen LogP contribution in [0.2, 0.25) is 0 Å². The molecule has 6 radical (unpaired) electrons. The zero-order chi connectivity index (χ0) is 13.3. The van der Waals surface area contributed by atoms with E-state index in [9.17, 15) is 0 Å². The highest BCUT2D eigenvalue weighted by molar-refractivity contribution is 9.10. The SMILES string of the molecule is [B]C([B])([B])Oc1ccc2cc(Br)ccc2c1CCl. The smallest absolute Gasteiger partial charge is 0.121 e. The molecule has 6 heteroatoms. The highest BCUT2D eigenvalue weighted by atomic mass is 79.9. The Hall–Kier alpha value is -0.535. The molecule has 1 nitrogen and oxygen atoms in total. The first-order chi connectivity index (χ1) is 8.40. The van der Waals surface area contributed by atoms with Crippen LogP contribution in [0.15, 0.2) is 34.8 Å². The molecule has 0 aliphatic heterocycles. The maximum absolute atomic E-state index is 5.97. The summed E-state index contributed by atoms with van der Waals surface area (Å²) in [5.41, 5.74) is 0.812. The molecule has 0 unspecified atom stereocenters. The maximum atomic E-state index is 5.97. The van der Waals surface area contributed by atoms with Gasteiger partial charge in [-0.15, -0.1) is 11.6 Å². The summed E-state index contributed by atoms with van der Waals surface area (Å²) in [6.07, 6.45) is 0. The van der Waals surface area contributed by atoms with E-state index in [1.807, 2.05) is 24.3 Å². The molecule has 0 saturated carbocycles. The molecule has 0 aromatic heterocycles. The Morgan fingerprint density at radius 3 is 2.50 bits per heavy atom. The number of halogens is 2. The lowest BCUT2D eigenvalue weighted by Crippen LogP contribution is -2.37. The molecule has 0 aliphatic carbocycles. The van der Waals surface area contributed by atoms with E-state index in [1.165, 1.54) is 0 Å². The van der Waals surface area contributed by atoms with Crippen molar-refractivity contribution in [1.82, 2.24) is 0 Å². The molecule has 84 valence electrons. The molecular weight excluding hydrogens is 308 g/mol. The number of hydrogen-bond acceptors (Lipinski definition) is 1. The van der Waals surface area contributed by atoms with E-state index in [1.54, 1.807) is 6.07 Å². The van der Waals surface area contributed by atoms with E-state index < -0.39 is 5.30 Å². The van der Waals surface area contributed by atoms with Crippen LogP contribution in [0.3, 0.4) is 0 Å². The summed E-state index contributed by atoms with van der Waals surface area (Å²) >= 11 is 9.39. The monoisotopic (exact) mass is 314 g/mol. The maximum Gasteiger partial charge on any atom is 0.121 e. The Bertz CT molecular complexity index is 583. The Balaban J connectivity index is 2.59. The molecule has 2 aromatic rings. The molecule has 0 saturated heterocycles. The summed E-state index contributed by atoms with van der Waals surface area (Å²) in [6.45, 7) is 0. The summed E-state index contributed by atoms with van der Waals surface area (Å²) in [5, 5.41) is 0.308. The number of ether oxygens (including phenoxy) is 1. The summed E-state index contributed by atoms with van der Waals surface area (Å²) in [6, 6.07) is 9.54. The van der Waals surface area contributed by atoms with Crippen molar-refractivity contribution in [3.8, 4) is 5.75 Å². The van der Waals surface area contributed by atoms with Crippen molar-refractivity contribution in [2.45, 2.75) is 11.2 Å². The van der Waals surface area contributed by atoms with Gasteiger partial charge in [0.15, 0.2) is 0 Å². The first-order valence-corrected chi connectivity index (χ1v) is 6.56. The molecule has 0 amide bonds. The van der Waals surface area contributed by atoms with Crippen LogP contribution in [-0.4, -0.2) is 28.8 Å². The lowest BCUT2D eigenvalue weighted by Gasteiger charge is -2.25. The van der Waals surface area contributed by atoms with Crippen LogP contribution < -0.4 is 4.74 Å². The molecule has 2 aromatic carbocycles. The predicted molar refractivity (Wildman–Crippen MR) is 81.8 cm³/mol. The van der Waals surface area contributed by atoms with Crippen molar-refractivity contribution < 1.29 is 4.74 Å². The second-order valence-corrected chi connectivity index (χ2v) is 5.18. The molecule has 0 heterocycles. The molecular formula is C12H7B3BrClO. The van der Waals surface area contributed by atoms with E-state index in [-0.39, 0.29) is 5.88 Å². The molecule has 0 aliphatic rings. The van der Waals surface area contributed by atoms with Gasteiger partial charge in [0.05, 0.1) is 5.88 Å². The Morgan fingerprint density at radius 1 is 1.17 bits per heavy atom. The van der Waals surface area contributed by atoms with Gasteiger partial charge in [-0.05, 0) is 34.3 Å². The van der Waals surface area contributed by atoms with E-state index in [2.05, 4.69) is 15.9 Å². The fourth-order valence-electron chi connectivity index (χ4n) is 1.77. The number of alkyl halides is 1. The highest BCUT2D eigenvalue weighted by Crippen LogP contribution is 2.32. The van der Waals surface area contributed by atoms with Crippen molar-refractivity contribution in [2.75, 3.05) is 0 Å². The van der Waals surface area contributed by atoms with Gasteiger partial charge < -0.3 is 4.74 Å². The first kappa shape index (κ1) is 13.9. The van der Waals surface area contributed by atoms with E-state index in [0.717, 1.165) is 20.8 Å². The fraction of sp³-hybridized carbons (Fsp3) is 0.167. The third-order valence-electron chi connectivity index (χ3n) is 2.47. The minimum Gasteiger partial charge on any atom is -0.515 e. The standard InChI is InChI=1S/C12H7B3BrClO/c13-12(14,15)18-11-4-1-7-5-8(16)2-3-9(7)10(11)6-17/h1-5H,6H2. The Labute approximate surface area is 124 Å². The molecule has 0 spiro atoms. The van der Waals surface area contributed by atoms with Gasteiger partial charge in [-0.3, -0.25) is 0 Å². The van der Waals surface area contributed by atoms with Gasteiger partial charge in [0, 0.05) is 10.0 Å². The van der Waals surface area contributed by atoms with E-state index in [0.29, 0.717) is 5.75 Å². The summed E-state index contributed by atoms with van der Waals surface area (Å²) < 4.78 is 6.29. The van der Waals surface area contributed by atoms with Crippen molar-refractivity contribution in [1.29, 1.82) is 0 Å². The van der Waals surface area contributed by atoms with Crippen LogP contribution >= 0.6 is 27.5 Å². The third kappa shape index (κ3) is 3.07. The van der Waals surface area contributed by atoms with Crippen LogP contribution in [0, 0.1) is 0 Å². The van der Waals surface area contributed by atoms with E-state index in [4.69, 9.17) is 39.9 Å². The van der Waals surface area contributed by atoms with Gasteiger partial charge in [-0.25, -0.2) is 0 Å².